The van der Waals surface area contributed by atoms with Gasteiger partial charge in [0.2, 0.25) is 0 Å². The van der Waals surface area contributed by atoms with Gasteiger partial charge in [-0.25, -0.2) is 4.79 Å². The molecule has 0 unspecified atom stereocenters. The summed E-state index contributed by atoms with van der Waals surface area (Å²) in [4.78, 5) is 12.9. The van der Waals surface area contributed by atoms with E-state index < -0.39 is 5.97 Å². The first-order chi connectivity index (χ1) is 15.1. The number of nitrogens with zero attached hydrogens (tertiary/aromatic N) is 1. The molecule has 0 amide bonds. The Morgan fingerprint density at radius 2 is 1.71 bits per heavy atom. The van der Waals surface area contributed by atoms with Crippen molar-refractivity contribution in [2.75, 3.05) is 5.32 Å². The predicted octanol–water partition coefficient (Wildman–Crippen LogP) is 6.09. The molecule has 1 aromatic heterocycles. The van der Waals surface area contributed by atoms with Crippen molar-refractivity contribution in [3.05, 3.63) is 94.3 Å². The van der Waals surface area contributed by atoms with Crippen LogP contribution in [0.25, 0.3) is 10.1 Å². The average molecular weight is 466 g/mol. The number of anilines is 1. The second kappa shape index (κ2) is 9.70. The van der Waals surface area contributed by atoms with Gasteiger partial charge in [-0.05, 0) is 60.2 Å². The van der Waals surface area contributed by atoms with Crippen LogP contribution >= 0.6 is 35.2 Å². The molecule has 0 saturated heterocycles. The molecule has 3 aromatic carbocycles. The first-order valence-electron chi connectivity index (χ1n) is 9.24. The van der Waals surface area contributed by atoms with Gasteiger partial charge in [-0.1, -0.05) is 48.0 Å². The number of ether oxygens (including phenoxy) is 1. The van der Waals surface area contributed by atoms with E-state index in [4.69, 9.17) is 28.6 Å². The smallest absolute Gasteiger partial charge is 0.355 e. The highest BCUT2D eigenvalue weighted by Gasteiger charge is 2.18. The van der Waals surface area contributed by atoms with Crippen molar-refractivity contribution in [1.82, 2.24) is 5.43 Å². The molecule has 0 aliphatic heterocycles. The lowest BCUT2D eigenvalue weighted by Gasteiger charge is -2.06. The molecule has 0 saturated carbocycles. The van der Waals surface area contributed by atoms with Gasteiger partial charge in [-0.2, -0.15) is 5.10 Å². The van der Waals surface area contributed by atoms with Gasteiger partial charge in [0.15, 0.2) is 5.11 Å². The highest BCUT2D eigenvalue weighted by atomic mass is 35.5. The van der Waals surface area contributed by atoms with Crippen LogP contribution in [0, 0.1) is 0 Å². The number of thiocarbonyl (C=S) groups is 1. The van der Waals surface area contributed by atoms with E-state index in [9.17, 15) is 4.79 Å². The Morgan fingerprint density at radius 3 is 2.45 bits per heavy atom. The Hall–Kier alpha value is -3.26. The van der Waals surface area contributed by atoms with Crippen molar-refractivity contribution >= 4 is 68.2 Å². The number of para-hydroxylation sites is 1. The van der Waals surface area contributed by atoms with Crippen LogP contribution in [0.4, 0.5) is 5.69 Å². The van der Waals surface area contributed by atoms with Crippen molar-refractivity contribution in [3.63, 3.8) is 0 Å². The number of carbonyl (C=O) groups excluding carboxylic acids is 1. The molecular formula is C23H16ClN3O2S2. The van der Waals surface area contributed by atoms with Gasteiger partial charge in [-0.3, -0.25) is 5.43 Å². The lowest BCUT2D eigenvalue weighted by atomic mass is 10.2. The maximum atomic E-state index is 12.5. The molecule has 1 heterocycles. The van der Waals surface area contributed by atoms with Crippen LogP contribution in [0.15, 0.2) is 84.0 Å². The number of halogens is 1. The van der Waals surface area contributed by atoms with Crippen LogP contribution in [0.5, 0.6) is 5.75 Å². The number of thiophene rings is 1. The van der Waals surface area contributed by atoms with Gasteiger partial charge in [0.05, 0.1) is 11.2 Å². The summed E-state index contributed by atoms with van der Waals surface area (Å²) < 4.78 is 6.41. The molecular weight excluding hydrogens is 450 g/mol. The minimum atomic E-state index is -0.480. The highest BCUT2D eigenvalue weighted by molar-refractivity contribution is 7.80. The predicted molar refractivity (Wildman–Crippen MR) is 132 cm³/mol. The maximum absolute atomic E-state index is 12.5. The number of benzene rings is 3. The van der Waals surface area contributed by atoms with Crippen LogP contribution < -0.4 is 15.5 Å². The summed E-state index contributed by atoms with van der Waals surface area (Å²) in [5.41, 5.74) is 4.45. The van der Waals surface area contributed by atoms with Gasteiger partial charge < -0.3 is 10.1 Å². The van der Waals surface area contributed by atoms with E-state index in [1.54, 1.807) is 30.5 Å². The summed E-state index contributed by atoms with van der Waals surface area (Å²) in [5, 5.41) is 8.78. The largest absolute Gasteiger partial charge is 0.422 e. The average Bonchev–Trinajstić information content (AvgIpc) is 3.12. The molecule has 0 bridgehead atoms. The molecule has 2 N–H and O–H groups in total. The fraction of sp³-hybridized carbons (Fsp3) is 0. The SMILES string of the molecule is O=C(Oc1ccc(/C=N\NC(=S)Nc2ccccc2)cc1)c1sc2ccccc2c1Cl. The van der Waals surface area contributed by atoms with Crippen LogP contribution in [0.3, 0.4) is 0 Å². The Bertz CT molecular complexity index is 1260. The summed E-state index contributed by atoms with van der Waals surface area (Å²) in [5.74, 6) is -0.0588. The quantitative estimate of drug-likeness (QED) is 0.123. The van der Waals surface area contributed by atoms with E-state index in [1.807, 2.05) is 54.6 Å². The molecule has 0 aliphatic carbocycles. The molecule has 154 valence electrons. The van der Waals surface area contributed by atoms with E-state index in [-0.39, 0.29) is 0 Å². The van der Waals surface area contributed by atoms with Crippen molar-refractivity contribution in [1.29, 1.82) is 0 Å². The molecule has 8 heteroatoms. The number of fused-ring (bicyclic) bond motifs is 1. The van der Waals surface area contributed by atoms with Crippen LogP contribution in [-0.4, -0.2) is 17.3 Å². The highest BCUT2D eigenvalue weighted by Crippen LogP contribution is 2.35. The molecule has 0 radical (unpaired) electrons. The zero-order valence-corrected chi connectivity index (χ0v) is 18.4. The summed E-state index contributed by atoms with van der Waals surface area (Å²) in [6, 6.07) is 24.1. The molecule has 4 rings (SSSR count). The van der Waals surface area contributed by atoms with Gasteiger partial charge in [-0.15, -0.1) is 11.3 Å². The fourth-order valence-electron chi connectivity index (χ4n) is 2.77. The number of hydrazone groups is 1. The Morgan fingerprint density at radius 1 is 1.00 bits per heavy atom. The van der Waals surface area contributed by atoms with Crippen molar-refractivity contribution in [2.24, 2.45) is 5.10 Å². The number of rotatable bonds is 5. The number of carbonyl (C=O) groups is 1. The number of hydrogen-bond donors (Lipinski definition) is 2. The third-order valence-electron chi connectivity index (χ3n) is 4.22. The standard InChI is InChI=1S/C23H16ClN3O2S2/c24-20-18-8-4-5-9-19(18)31-21(20)22(28)29-17-12-10-15(11-13-17)14-25-27-23(30)26-16-6-2-1-3-7-16/h1-14H,(H2,26,27,30)/b25-14-. The van der Waals surface area contributed by atoms with E-state index in [1.165, 1.54) is 11.3 Å². The van der Waals surface area contributed by atoms with E-state index in [2.05, 4.69) is 15.8 Å². The first-order valence-corrected chi connectivity index (χ1v) is 10.8. The van der Waals surface area contributed by atoms with E-state index in [0.29, 0.717) is 20.8 Å². The Labute approximate surface area is 193 Å². The fourth-order valence-corrected chi connectivity index (χ4v) is 4.32. The molecule has 0 aliphatic rings. The summed E-state index contributed by atoms with van der Waals surface area (Å²) in [6.07, 6.45) is 1.62. The van der Waals surface area contributed by atoms with Crippen LogP contribution in [0.2, 0.25) is 5.02 Å². The van der Waals surface area contributed by atoms with Gasteiger partial charge in [0, 0.05) is 15.8 Å². The molecule has 4 aromatic rings. The molecule has 31 heavy (non-hydrogen) atoms. The molecule has 0 spiro atoms. The maximum Gasteiger partial charge on any atom is 0.355 e. The van der Waals surface area contributed by atoms with Crippen LogP contribution in [-0.2, 0) is 0 Å². The third-order valence-corrected chi connectivity index (χ3v) is 6.07. The Balaban J connectivity index is 1.34. The van der Waals surface area contributed by atoms with Crippen molar-refractivity contribution in [2.45, 2.75) is 0 Å². The number of nitrogens with one attached hydrogen (secondary N) is 2. The number of hydrogen-bond acceptors (Lipinski definition) is 5. The minimum absolute atomic E-state index is 0.383. The topological polar surface area (TPSA) is 62.7 Å². The van der Waals surface area contributed by atoms with Gasteiger partial charge in [0.1, 0.15) is 10.6 Å². The molecule has 0 fully saturated rings. The van der Waals surface area contributed by atoms with Crippen LogP contribution in [0.1, 0.15) is 15.2 Å². The van der Waals surface area contributed by atoms with Gasteiger partial charge >= 0.3 is 5.97 Å². The third kappa shape index (κ3) is 5.27. The zero-order chi connectivity index (χ0) is 21.6. The summed E-state index contributed by atoms with van der Waals surface area (Å²) in [6.45, 7) is 0. The lowest BCUT2D eigenvalue weighted by molar-refractivity contribution is 0.0740. The van der Waals surface area contributed by atoms with E-state index in [0.717, 1.165) is 21.3 Å². The second-order valence-corrected chi connectivity index (χ2v) is 8.23. The summed E-state index contributed by atoms with van der Waals surface area (Å²) in [7, 11) is 0. The zero-order valence-electron chi connectivity index (χ0n) is 16.0. The first kappa shape index (κ1) is 21.0. The van der Waals surface area contributed by atoms with Gasteiger partial charge in [0.25, 0.3) is 0 Å². The Kier molecular flexibility index (Phi) is 6.57. The van der Waals surface area contributed by atoms with Crippen molar-refractivity contribution < 1.29 is 9.53 Å². The normalized spacial score (nSPS) is 10.9. The summed E-state index contributed by atoms with van der Waals surface area (Å²) >= 11 is 12.9. The minimum Gasteiger partial charge on any atom is -0.422 e. The molecule has 5 nitrogen and oxygen atoms in total. The second-order valence-electron chi connectivity index (χ2n) is 6.39. The molecule has 0 atom stereocenters. The monoisotopic (exact) mass is 465 g/mol. The van der Waals surface area contributed by atoms with Crippen molar-refractivity contribution in [3.8, 4) is 5.75 Å². The van der Waals surface area contributed by atoms with E-state index >= 15 is 0 Å². The lowest BCUT2D eigenvalue weighted by Crippen LogP contribution is -2.23. The number of esters is 1.